The molecule has 0 bridgehead atoms. The van der Waals surface area contributed by atoms with Crippen molar-refractivity contribution in [3.05, 3.63) is 293 Å². The monoisotopic (exact) mass is 2110 g/mol. The van der Waals surface area contributed by atoms with E-state index in [1.807, 2.05) is 99.5 Å². The fourth-order valence-corrected chi connectivity index (χ4v) is 21.5. The van der Waals surface area contributed by atoms with Crippen molar-refractivity contribution in [3.63, 3.8) is 0 Å². The average molecular weight is 2110 g/mol. The third-order valence-corrected chi connectivity index (χ3v) is 35.8. The standard InChI is InChI=1S/C25H29N5O3S.C23H20N4O2S.C22H21N3O3S.C21H19N3O3S.C19H18N6O2S.8H2/c1-17(2)34(31,32)20-9-6-18(7-10-20)22-16-28-25-24(29-22)21(15-27-25)19-8-11-23(26-14-19)33-13-5-12-30(3)4;1-14(2)30(28,29)16-8-6-15(7-9-16)21-13-26-23-22(27-21)19(12-25-23)17-4-3-5-20-18(17)10-11-24-20;1-14(2)29(26,27)16-10-8-15(9-11-16)19-13-24-22-21(25-19)18(12-23-22)17-6-4-5-7-20(17)28-3;1-13(2)28(26,27)15-9-7-14(8-10-15)18-12-23-21-20(24-18)17(11-22-21)16-5-3-4-6-19(16)25;1-11(2)28(26,27)14-5-3-12(4-6-14)16-10-22-18-17(25-16)15(9-21-18)13-7-23-19(20)24-8-13;;;;;;;;/h6-11,14-17H,5,12-13H2,1-4H3,(H,27,28);3-14,24H,1-2H3,(H,25,26);4-14H,1-3H3,(H,23,24);3-13,25H,1-2H3,(H,22,23);3-11H,1-2H3,(H,21,22)(H2,20,23,24);8*1H. The van der Waals surface area contributed by atoms with Gasteiger partial charge in [0.05, 0.1) is 124 Å². The van der Waals surface area contributed by atoms with Crippen LogP contribution in [0, 0.1) is 0 Å². The number of nitrogens with two attached hydrogens (primary N) is 1. The zero-order chi connectivity index (χ0) is 106. The van der Waals surface area contributed by atoms with Crippen molar-refractivity contribution in [1.29, 1.82) is 0 Å². The van der Waals surface area contributed by atoms with E-state index in [0.29, 0.717) is 105 Å². The molecule has 0 radical (unpaired) electrons. The summed E-state index contributed by atoms with van der Waals surface area (Å²) in [6, 6.07) is 60.5. The molecule has 149 heavy (non-hydrogen) atoms. The number of aromatic nitrogens is 19. The predicted octanol–water partition coefficient (Wildman–Crippen LogP) is 22.6. The highest BCUT2D eigenvalue weighted by atomic mass is 32.2. The first-order valence-electron chi connectivity index (χ1n) is 47.6. The highest BCUT2D eigenvalue weighted by Crippen LogP contribution is 2.41. The Labute approximate surface area is 872 Å². The van der Waals surface area contributed by atoms with Gasteiger partial charge in [-0.2, -0.15) is 0 Å². The van der Waals surface area contributed by atoms with E-state index in [9.17, 15) is 47.2 Å². The summed E-state index contributed by atoms with van der Waals surface area (Å²) in [5.74, 6) is 1.71. The molecule has 0 spiro atoms. The zero-order valence-corrected chi connectivity index (χ0v) is 87.5. The van der Waals surface area contributed by atoms with Crippen LogP contribution in [0.15, 0.2) is 317 Å². The molecule has 0 aliphatic rings. The maximum atomic E-state index is 12.4. The highest BCUT2D eigenvalue weighted by molar-refractivity contribution is 7.93. The molecule has 0 unspecified atom stereocenters. The number of phenolic OH excluding ortho intramolecular Hbond substituents is 1. The third-order valence-electron chi connectivity index (χ3n) is 24.9. The van der Waals surface area contributed by atoms with Crippen LogP contribution in [0.3, 0.4) is 0 Å². The number of H-pyrrole nitrogens is 6. The van der Waals surface area contributed by atoms with Crippen LogP contribution < -0.4 is 15.2 Å². The number of ether oxygens (including phenoxy) is 2. The Morgan fingerprint density at radius 2 is 0.631 bits per heavy atom. The molecule has 8 aromatic carbocycles. The van der Waals surface area contributed by atoms with Gasteiger partial charge in [0, 0.05) is 169 Å². The number of hydrogen-bond acceptors (Lipinski definition) is 28. The molecule has 13 aromatic heterocycles. The number of anilines is 1. The Morgan fingerprint density at radius 3 is 0.973 bits per heavy atom. The zero-order valence-electron chi connectivity index (χ0n) is 83.4. The topological polar surface area (TPSA) is 501 Å². The molecule has 0 aliphatic carbocycles. The number of nitrogen functional groups attached to an aromatic ring is 1. The van der Waals surface area contributed by atoms with Gasteiger partial charge in [-0.05, 0) is 186 Å². The number of aromatic hydroxyl groups is 1. The lowest BCUT2D eigenvalue weighted by atomic mass is 10.0. The molecule has 21 rings (SSSR count). The quantitative estimate of drug-likeness (QED) is 0.0233. The molecular formula is C110H123N21O13S5. The number of rotatable bonds is 26. The fraction of sp³-hybridized carbons (Fsp3) is 0.191. The molecule has 34 nitrogen and oxygen atoms in total. The second-order valence-electron chi connectivity index (χ2n) is 36.5. The number of fused-ring (bicyclic) bond motifs is 6. The minimum atomic E-state index is -3.32. The minimum Gasteiger partial charge on any atom is -0.507 e. The van der Waals surface area contributed by atoms with Crippen molar-refractivity contribution in [3.8, 4) is 129 Å². The molecule has 0 atom stereocenters. The van der Waals surface area contributed by atoms with Crippen molar-refractivity contribution >= 4 is 122 Å². The molecule has 0 saturated carbocycles. The predicted molar refractivity (Wildman–Crippen MR) is 599 cm³/mol. The van der Waals surface area contributed by atoms with Gasteiger partial charge in [0.25, 0.3) is 0 Å². The molecule has 0 saturated heterocycles. The molecule has 21 aromatic rings. The van der Waals surface area contributed by atoms with Crippen LogP contribution in [0.25, 0.3) is 179 Å². The van der Waals surface area contributed by atoms with Crippen LogP contribution in [0.1, 0.15) is 87.1 Å². The Hall–Kier alpha value is -16.5. The van der Waals surface area contributed by atoms with E-state index in [2.05, 4.69) is 86.8 Å². The molecule has 0 amide bonds. The second kappa shape index (κ2) is 43.7. The van der Waals surface area contributed by atoms with E-state index in [0.717, 1.165) is 124 Å². The maximum absolute atomic E-state index is 12.4. The largest absolute Gasteiger partial charge is 0.507 e. The number of sulfone groups is 5. The number of pyridine rings is 1. The summed E-state index contributed by atoms with van der Waals surface area (Å²) in [5, 5.41) is 8.93. The summed E-state index contributed by atoms with van der Waals surface area (Å²) in [6.45, 7) is 18.3. The smallest absolute Gasteiger partial charge is 0.219 e. The van der Waals surface area contributed by atoms with E-state index >= 15 is 0 Å². The number of methoxy groups -OCH3 is 1. The Balaban J connectivity index is 0.000000214. The van der Waals surface area contributed by atoms with Crippen LogP contribution in [0.5, 0.6) is 17.4 Å². The van der Waals surface area contributed by atoms with Crippen LogP contribution >= 0.6 is 0 Å². The van der Waals surface area contributed by atoms with Gasteiger partial charge in [-0.25, -0.2) is 107 Å². The number of phenols is 1. The second-order valence-corrected chi connectivity index (χ2v) is 49.1. The summed E-state index contributed by atoms with van der Waals surface area (Å²) < 4.78 is 135. The first kappa shape index (κ1) is 104. The number of nitrogens with one attached hydrogen (secondary N) is 6. The van der Waals surface area contributed by atoms with Gasteiger partial charge in [-0.1, -0.05) is 109 Å². The Morgan fingerprint density at radius 1 is 0.322 bits per heavy atom. The molecule has 0 fully saturated rings. The Bertz CT molecular complexity index is 9110. The molecule has 39 heteroatoms. The first-order valence-corrected chi connectivity index (χ1v) is 55.3. The average Bonchev–Trinajstić information content (AvgIpc) is 1.64. The van der Waals surface area contributed by atoms with Gasteiger partial charge in [-0.15, -0.1) is 0 Å². The van der Waals surface area contributed by atoms with Crippen LogP contribution in [0.4, 0.5) is 5.95 Å². The minimum absolute atomic E-state index is 0. The number of hydrogen-bond donors (Lipinski definition) is 8. The highest BCUT2D eigenvalue weighted by Gasteiger charge is 2.28. The van der Waals surface area contributed by atoms with Crippen LogP contribution in [0.2, 0.25) is 0 Å². The number of nitrogens with zero attached hydrogens (tertiary/aromatic N) is 14. The van der Waals surface area contributed by atoms with Gasteiger partial charge in [0.15, 0.2) is 77.4 Å². The summed E-state index contributed by atoms with van der Waals surface area (Å²) in [5.41, 5.74) is 29.3. The number of aromatic amines is 6. The lowest BCUT2D eigenvalue weighted by Gasteiger charge is -2.10. The van der Waals surface area contributed by atoms with Gasteiger partial charge in [0.1, 0.15) is 39.1 Å². The molecule has 9 N–H and O–H groups in total. The number of para-hydroxylation sites is 2. The maximum Gasteiger partial charge on any atom is 0.219 e. The molecule has 13 heterocycles. The summed E-state index contributed by atoms with van der Waals surface area (Å²) in [4.78, 5) is 81.2. The summed E-state index contributed by atoms with van der Waals surface area (Å²) >= 11 is 0. The Kier molecular flexibility index (Phi) is 30.5. The van der Waals surface area contributed by atoms with Crippen molar-refractivity contribution in [2.24, 2.45) is 0 Å². The SMILES string of the molecule is CC(C)S(=O)(=O)c1ccc(-c2cnc3[nH]cc(-c4ccc(OCCCN(C)C)nc4)c3n2)cc1.CC(C)S(=O)(=O)c1ccc(-c2cnc3[nH]cc(-c4cccc5[nH]ccc45)c3n2)cc1.CC(C)S(=O)(=O)c1ccc(-c2cnc3[nH]cc(-c4ccccc4O)c3n2)cc1.CC(C)S(=O)(=O)c1ccc(-c2cnc3[nH]cc(-c4cnc(N)nc4)c3n2)cc1.COc1ccccc1-c1c[nH]c2ncc(-c3ccc(S(=O)(=O)C(C)C)cc3)nc12.[HH].[HH].[HH].[HH].[HH].[HH].[HH].[HH]. The third kappa shape index (κ3) is 22.3. The molecule has 776 valence electrons. The first-order chi connectivity index (χ1) is 71.3. The van der Waals surface area contributed by atoms with E-state index in [-0.39, 0.29) is 28.0 Å². The van der Waals surface area contributed by atoms with Crippen molar-refractivity contribution in [2.75, 3.05) is 40.1 Å². The van der Waals surface area contributed by atoms with Gasteiger partial charge >= 0.3 is 0 Å². The van der Waals surface area contributed by atoms with E-state index in [1.54, 1.807) is 272 Å². The normalized spacial score (nSPS) is 12.0. The lowest BCUT2D eigenvalue weighted by Crippen LogP contribution is -2.15. The lowest BCUT2D eigenvalue weighted by molar-refractivity contribution is 0.273. The summed E-state index contributed by atoms with van der Waals surface area (Å²) in [7, 11) is -10.9. The van der Waals surface area contributed by atoms with Crippen molar-refractivity contribution in [1.82, 2.24) is 99.6 Å². The molecular weight excluding hydrogens is 1980 g/mol. The molecule has 0 aliphatic heterocycles. The van der Waals surface area contributed by atoms with Gasteiger partial charge in [0.2, 0.25) is 11.8 Å². The van der Waals surface area contributed by atoms with Gasteiger partial charge in [-0.3, -0.25) is 0 Å². The number of benzene rings is 8. The summed E-state index contributed by atoms with van der Waals surface area (Å²) in [6.07, 6.45) is 25.4. The van der Waals surface area contributed by atoms with E-state index in [4.69, 9.17) is 40.1 Å². The fourth-order valence-electron chi connectivity index (χ4n) is 16.2. The van der Waals surface area contributed by atoms with E-state index in [1.165, 1.54) is 0 Å². The van der Waals surface area contributed by atoms with Gasteiger partial charge < -0.3 is 55.1 Å². The van der Waals surface area contributed by atoms with E-state index < -0.39 is 75.4 Å². The van der Waals surface area contributed by atoms with Crippen LogP contribution in [-0.4, -0.2) is 207 Å². The van der Waals surface area contributed by atoms with Crippen LogP contribution in [-0.2, 0) is 49.2 Å². The van der Waals surface area contributed by atoms with Crippen molar-refractivity contribution in [2.45, 2.75) is 126 Å². The van der Waals surface area contributed by atoms with Crippen molar-refractivity contribution < 1.29 is 68.1 Å².